The van der Waals surface area contributed by atoms with E-state index in [1.165, 1.54) is 73.0 Å². The molecule has 3 nitrogen and oxygen atoms in total. The smallest absolute Gasteiger partial charge is 0.165 e. The molecule has 0 aliphatic rings. The van der Waals surface area contributed by atoms with Crippen LogP contribution >= 0.6 is 22.7 Å². The summed E-state index contributed by atoms with van der Waals surface area (Å²) in [5, 5.41) is 10.0. The van der Waals surface area contributed by atoms with E-state index in [0.29, 0.717) is 17.5 Å². The summed E-state index contributed by atoms with van der Waals surface area (Å²) in [6, 6.07) is 58.6. The van der Waals surface area contributed by atoms with E-state index in [-0.39, 0.29) is 0 Å². The Hall–Kier alpha value is -6.27. The molecule has 52 heavy (non-hydrogen) atoms. The lowest BCUT2D eigenvalue weighted by Gasteiger charge is -2.09. The number of hydrogen-bond donors (Lipinski definition) is 0. The number of nitrogens with zero attached hydrogens (tertiary/aromatic N) is 3. The summed E-state index contributed by atoms with van der Waals surface area (Å²) in [4.78, 5) is 15.4. The van der Waals surface area contributed by atoms with E-state index < -0.39 is 0 Å². The molecule has 0 aliphatic carbocycles. The van der Waals surface area contributed by atoms with Gasteiger partial charge in [0.25, 0.3) is 0 Å². The monoisotopic (exact) mass is 697 g/mol. The van der Waals surface area contributed by atoms with Gasteiger partial charge in [-0.15, -0.1) is 22.7 Å². The average Bonchev–Trinajstić information content (AvgIpc) is 3.78. The third-order valence-electron chi connectivity index (χ3n) is 10.1. The molecular formula is C47H27N3S2. The van der Waals surface area contributed by atoms with E-state index in [2.05, 4.69) is 146 Å². The summed E-state index contributed by atoms with van der Waals surface area (Å²) >= 11 is 3.62. The molecule has 11 rings (SSSR count). The van der Waals surface area contributed by atoms with Gasteiger partial charge < -0.3 is 0 Å². The molecule has 0 amide bonds. The lowest BCUT2D eigenvalue weighted by Crippen LogP contribution is -2.00. The van der Waals surface area contributed by atoms with Gasteiger partial charge in [0.2, 0.25) is 0 Å². The predicted molar refractivity (Wildman–Crippen MR) is 222 cm³/mol. The average molecular weight is 698 g/mol. The quantitative estimate of drug-likeness (QED) is 0.172. The van der Waals surface area contributed by atoms with Crippen LogP contribution in [0.1, 0.15) is 0 Å². The molecule has 11 aromatic rings. The second-order valence-electron chi connectivity index (χ2n) is 13.2. The van der Waals surface area contributed by atoms with E-state index in [4.69, 9.17) is 15.0 Å². The zero-order valence-electron chi connectivity index (χ0n) is 27.7. The topological polar surface area (TPSA) is 38.7 Å². The summed E-state index contributed by atoms with van der Waals surface area (Å²) in [6.07, 6.45) is 0. The summed E-state index contributed by atoms with van der Waals surface area (Å²) in [5.41, 5.74) is 5.38. The SMILES string of the molecule is c1ccc(-c2nc(-c3ccc4sc5ccccc5c4c3)nc(-c3cccc4c3sc3ccc(-c5ccc6c(ccc7ccccc76)c5)cc34)n2)cc1. The largest absolute Gasteiger partial charge is 0.208 e. The Kier molecular flexibility index (Phi) is 6.59. The first-order valence-corrected chi connectivity index (χ1v) is 19.0. The Morgan fingerprint density at radius 3 is 1.81 bits per heavy atom. The molecule has 0 unspecified atom stereocenters. The lowest BCUT2D eigenvalue weighted by atomic mass is 9.96. The molecule has 8 aromatic carbocycles. The number of thiophene rings is 2. The van der Waals surface area contributed by atoms with Gasteiger partial charge in [-0.25, -0.2) is 15.0 Å². The van der Waals surface area contributed by atoms with Crippen molar-refractivity contribution in [2.75, 3.05) is 0 Å². The van der Waals surface area contributed by atoms with Gasteiger partial charge in [0.1, 0.15) is 0 Å². The minimum absolute atomic E-state index is 0.667. The fourth-order valence-corrected chi connectivity index (χ4v) is 9.83. The highest BCUT2D eigenvalue weighted by molar-refractivity contribution is 7.26. The van der Waals surface area contributed by atoms with Gasteiger partial charge in [0, 0.05) is 57.0 Å². The molecule has 0 saturated carbocycles. The van der Waals surface area contributed by atoms with Crippen LogP contribution in [0, 0.1) is 0 Å². The van der Waals surface area contributed by atoms with Crippen LogP contribution in [0.2, 0.25) is 0 Å². The molecule has 0 fully saturated rings. The minimum atomic E-state index is 0.667. The molecule has 0 spiro atoms. The van der Waals surface area contributed by atoms with E-state index >= 15 is 0 Å². The zero-order chi connectivity index (χ0) is 34.2. The van der Waals surface area contributed by atoms with Crippen LogP contribution in [0.5, 0.6) is 0 Å². The number of hydrogen-bond acceptors (Lipinski definition) is 5. The molecule has 0 radical (unpaired) electrons. The number of rotatable bonds is 4. The van der Waals surface area contributed by atoms with Crippen molar-refractivity contribution in [3.05, 3.63) is 164 Å². The van der Waals surface area contributed by atoms with Crippen LogP contribution in [0.15, 0.2) is 164 Å². The van der Waals surface area contributed by atoms with Crippen molar-refractivity contribution in [3.63, 3.8) is 0 Å². The van der Waals surface area contributed by atoms with Gasteiger partial charge >= 0.3 is 0 Å². The van der Waals surface area contributed by atoms with Crippen molar-refractivity contribution in [1.82, 2.24) is 15.0 Å². The van der Waals surface area contributed by atoms with Crippen molar-refractivity contribution in [1.29, 1.82) is 0 Å². The van der Waals surface area contributed by atoms with Crippen LogP contribution in [-0.4, -0.2) is 15.0 Å². The van der Waals surface area contributed by atoms with Crippen molar-refractivity contribution in [3.8, 4) is 45.3 Å². The molecule has 0 N–H and O–H groups in total. The molecule has 0 saturated heterocycles. The summed E-state index contributed by atoms with van der Waals surface area (Å²) in [7, 11) is 0. The number of benzene rings is 8. The van der Waals surface area contributed by atoms with Gasteiger partial charge in [-0.1, -0.05) is 115 Å². The van der Waals surface area contributed by atoms with Gasteiger partial charge in [0.15, 0.2) is 17.5 Å². The van der Waals surface area contributed by atoms with E-state index in [0.717, 1.165) is 16.7 Å². The Labute approximate surface area is 307 Å². The van der Waals surface area contributed by atoms with Gasteiger partial charge in [-0.05, 0) is 81.2 Å². The highest BCUT2D eigenvalue weighted by Gasteiger charge is 2.18. The fourth-order valence-electron chi connectivity index (χ4n) is 7.55. The van der Waals surface area contributed by atoms with Crippen LogP contribution < -0.4 is 0 Å². The first kappa shape index (κ1) is 29.5. The van der Waals surface area contributed by atoms with Crippen molar-refractivity contribution >= 4 is 84.6 Å². The van der Waals surface area contributed by atoms with Gasteiger partial charge in [0.05, 0.1) is 0 Å². The van der Waals surface area contributed by atoms with Gasteiger partial charge in [-0.2, -0.15) is 0 Å². The standard InChI is InChI=1S/C47H27N3S2/c1-2-10-29(11-3-1)45-48-46(33-21-24-42-39(27-33)36-13-6-7-16-41(36)51-42)50-47(49-45)38-15-8-14-37-40-26-31(20-23-43(40)52-44(37)38)30-19-22-35-32(25-30)18-17-28-9-4-5-12-34(28)35/h1-27H. The maximum absolute atomic E-state index is 5.19. The minimum Gasteiger partial charge on any atom is -0.208 e. The van der Waals surface area contributed by atoms with Crippen molar-refractivity contribution in [2.45, 2.75) is 0 Å². The van der Waals surface area contributed by atoms with Crippen LogP contribution in [0.4, 0.5) is 0 Å². The lowest BCUT2D eigenvalue weighted by molar-refractivity contribution is 1.08. The van der Waals surface area contributed by atoms with Gasteiger partial charge in [-0.3, -0.25) is 0 Å². The molecule has 242 valence electrons. The van der Waals surface area contributed by atoms with Crippen LogP contribution in [-0.2, 0) is 0 Å². The Balaban J connectivity index is 1.06. The second-order valence-corrected chi connectivity index (χ2v) is 15.3. The molecule has 0 bridgehead atoms. The molecule has 5 heteroatoms. The normalized spacial score (nSPS) is 11.8. The van der Waals surface area contributed by atoms with Crippen LogP contribution in [0.3, 0.4) is 0 Å². The molecule has 0 aliphatic heterocycles. The number of fused-ring (bicyclic) bond motifs is 9. The highest BCUT2D eigenvalue weighted by atomic mass is 32.1. The summed E-state index contributed by atoms with van der Waals surface area (Å²) in [5.74, 6) is 2.02. The summed E-state index contributed by atoms with van der Waals surface area (Å²) in [6.45, 7) is 0. The van der Waals surface area contributed by atoms with Crippen LogP contribution in [0.25, 0.3) is 107 Å². The third kappa shape index (κ3) is 4.74. The Morgan fingerprint density at radius 1 is 0.308 bits per heavy atom. The highest BCUT2D eigenvalue weighted by Crippen LogP contribution is 2.42. The third-order valence-corrected chi connectivity index (χ3v) is 12.5. The Bertz CT molecular complexity index is 3190. The van der Waals surface area contributed by atoms with Crippen molar-refractivity contribution in [2.24, 2.45) is 0 Å². The summed E-state index contributed by atoms with van der Waals surface area (Å²) < 4.78 is 4.96. The fraction of sp³-hybridized carbons (Fsp3) is 0. The first-order chi connectivity index (χ1) is 25.7. The Morgan fingerprint density at radius 2 is 0.904 bits per heavy atom. The zero-order valence-corrected chi connectivity index (χ0v) is 29.4. The molecular weight excluding hydrogens is 671 g/mol. The predicted octanol–water partition coefficient (Wildman–Crippen LogP) is 13.6. The molecule has 3 heterocycles. The maximum Gasteiger partial charge on any atom is 0.165 e. The maximum atomic E-state index is 5.19. The second kappa shape index (κ2) is 11.6. The van der Waals surface area contributed by atoms with E-state index in [1.54, 1.807) is 11.3 Å². The molecule has 3 aromatic heterocycles. The van der Waals surface area contributed by atoms with Crippen molar-refractivity contribution < 1.29 is 0 Å². The molecule has 0 atom stereocenters. The van der Waals surface area contributed by atoms with E-state index in [9.17, 15) is 0 Å². The number of aromatic nitrogens is 3. The first-order valence-electron chi connectivity index (χ1n) is 17.3. The van der Waals surface area contributed by atoms with E-state index in [1.807, 2.05) is 29.5 Å².